The van der Waals surface area contributed by atoms with Crippen molar-refractivity contribution in [3.05, 3.63) is 95.8 Å². The summed E-state index contributed by atoms with van der Waals surface area (Å²) in [5.74, 6) is -1.53. The van der Waals surface area contributed by atoms with Gasteiger partial charge in [-0.05, 0) is 45.8 Å². The molecule has 5 nitrogen and oxygen atoms in total. The van der Waals surface area contributed by atoms with Crippen molar-refractivity contribution in [2.75, 3.05) is 6.54 Å². The lowest BCUT2D eigenvalue weighted by Gasteiger charge is -2.08. The second-order valence-electron chi connectivity index (χ2n) is 6.72. The molecule has 0 fully saturated rings. The summed E-state index contributed by atoms with van der Waals surface area (Å²) in [7, 11) is 0. The largest absolute Gasteiger partial charge is 0.343 e. The SMILES string of the molecule is O=C(CNC(=O)c1cccc(F)c1)NN=Cc1c2ccccc2cc2ccccc12. The summed E-state index contributed by atoms with van der Waals surface area (Å²) >= 11 is 0. The molecule has 0 bridgehead atoms. The van der Waals surface area contributed by atoms with Gasteiger partial charge in [-0.15, -0.1) is 0 Å². The van der Waals surface area contributed by atoms with Gasteiger partial charge in [0.1, 0.15) is 5.82 Å². The molecule has 2 amide bonds. The van der Waals surface area contributed by atoms with E-state index in [9.17, 15) is 14.0 Å². The number of benzene rings is 4. The highest BCUT2D eigenvalue weighted by atomic mass is 19.1. The molecule has 0 aromatic heterocycles. The molecule has 0 saturated carbocycles. The number of hydrazone groups is 1. The summed E-state index contributed by atoms with van der Waals surface area (Å²) in [6.07, 6.45) is 1.61. The van der Waals surface area contributed by atoms with Crippen LogP contribution in [0.25, 0.3) is 21.5 Å². The first kappa shape index (κ1) is 19.3. The van der Waals surface area contributed by atoms with Gasteiger partial charge in [0.25, 0.3) is 11.8 Å². The average Bonchev–Trinajstić information content (AvgIpc) is 2.77. The van der Waals surface area contributed by atoms with E-state index in [0.29, 0.717) is 0 Å². The zero-order valence-corrected chi connectivity index (χ0v) is 15.9. The van der Waals surface area contributed by atoms with E-state index in [0.717, 1.165) is 33.2 Å². The van der Waals surface area contributed by atoms with Crippen LogP contribution in [0.4, 0.5) is 4.39 Å². The van der Waals surface area contributed by atoms with E-state index in [1.165, 1.54) is 18.2 Å². The molecule has 0 heterocycles. The lowest BCUT2D eigenvalue weighted by atomic mass is 9.97. The summed E-state index contributed by atoms with van der Waals surface area (Å²) < 4.78 is 13.2. The first-order valence-electron chi connectivity index (χ1n) is 9.38. The van der Waals surface area contributed by atoms with Gasteiger partial charge in [-0.25, -0.2) is 9.82 Å². The second kappa shape index (κ2) is 8.53. The molecule has 0 spiro atoms. The van der Waals surface area contributed by atoms with Crippen LogP contribution in [-0.2, 0) is 4.79 Å². The molecule has 148 valence electrons. The summed E-state index contributed by atoms with van der Waals surface area (Å²) in [6.45, 7) is -0.275. The molecule has 4 aromatic rings. The van der Waals surface area contributed by atoms with E-state index in [4.69, 9.17) is 0 Å². The third kappa shape index (κ3) is 4.17. The van der Waals surface area contributed by atoms with Crippen molar-refractivity contribution in [2.24, 2.45) is 5.10 Å². The number of rotatable bonds is 5. The van der Waals surface area contributed by atoms with Crippen molar-refractivity contribution in [1.29, 1.82) is 0 Å². The average molecular weight is 399 g/mol. The predicted molar refractivity (Wildman–Crippen MR) is 116 cm³/mol. The first-order chi connectivity index (χ1) is 14.6. The Morgan fingerprint density at radius 3 is 2.20 bits per heavy atom. The number of fused-ring (bicyclic) bond motifs is 2. The van der Waals surface area contributed by atoms with Gasteiger partial charge in [-0.1, -0.05) is 54.6 Å². The van der Waals surface area contributed by atoms with Crippen molar-refractivity contribution in [3.8, 4) is 0 Å². The normalized spacial score (nSPS) is 11.1. The van der Waals surface area contributed by atoms with E-state index in [2.05, 4.69) is 21.9 Å². The Bertz CT molecular complexity index is 1230. The number of carbonyl (C=O) groups excluding carboxylic acids is 2. The molecular weight excluding hydrogens is 381 g/mol. The Morgan fingerprint density at radius 2 is 1.53 bits per heavy atom. The van der Waals surface area contributed by atoms with Crippen LogP contribution in [-0.4, -0.2) is 24.6 Å². The Balaban J connectivity index is 1.47. The third-order valence-corrected chi connectivity index (χ3v) is 4.69. The maximum atomic E-state index is 13.2. The van der Waals surface area contributed by atoms with Gasteiger partial charge in [0.15, 0.2) is 0 Å². The zero-order chi connectivity index (χ0) is 20.9. The Kier molecular flexibility index (Phi) is 5.48. The maximum Gasteiger partial charge on any atom is 0.259 e. The quantitative estimate of drug-likeness (QED) is 0.302. The predicted octanol–water partition coefficient (Wildman–Crippen LogP) is 4.01. The summed E-state index contributed by atoms with van der Waals surface area (Å²) in [5, 5.41) is 10.7. The number of halogens is 1. The minimum absolute atomic E-state index is 0.147. The van der Waals surface area contributed by atoms with Crippen molar-refractivity contribution >= 4 is 39.6 Å². The highest BCUT2D eigenvalue weighted by Crippen LogP contribution is 2.27. The van der Waals surface area contributed by atoms with E-state index < -0.39 is 17.6 Å². The molecule has 4 aromatic carbocycles. The highest BCUT2D eigenvalue weighted by Gasteiger charge is 2.09. The first-order valence-corrected chi connectivity index (χ1v) is 9.38. The molecule has 4 rings (SSSR count). The van der Waals surface area contributed by atoms with Gasteiger partial charge >= 0.3 is 0 Å². The van der Waals surface area contributed by atoms with Gasteiger partial charge in [0.2, 0.25) is 0 Å². The number of nitrogens with one attached hydrogen (secondary N) is 2. The number of amides is 2. The van der Waals surface area contributed by atoms with Gasteiger partial charge in [-0.2, -0.15) is 5.10 Å². The van der Waals surface area contributed by atoms with E-state index in [1.807, 2.05) is 48.5 Å². The van der Waals surface area contributed by atoms with Crippen LogP contribution >= 0.6 is 0 Å². The van der Waals surface area contributed by atoms with Gasteiger partial charge in [0, 0.05) is 11.1 Å². The van der Waals surface area contributed by atoms with Crippen LogP contribution in [0.5, 0.6) is 0 Å². The monoisotopic (exact) mass is 399 g/mol. The summed E-state index contributed by atoms with van der Waals surface area (Å²) in [5.41, 5.74) is 3.46. The standard InChI is InChI=1S/C24H18FN3O2/c25-19-9-5-8-18(13-19)24(30)26-15-23(29)28-27-14-22-20-10-3-1-6-16(20)12-17-7-2-4-11-21(17)22/h1-14H,15H2,(H,26,30)(H,28,29). The van der Waals surface area contributed by atoms with Crippen LogP contribution in [0.2, 0.25) is 0 Å². The molecule has 0 radical (unpaired) electrons. The van der Waals surface area contributed by atoms with E-state index >= 15 is 0 Å². The maximum absolute atomic E-state index is 13.2. The molecule has 0 aliphatic heterocycles. The highest BCUT2D eigenvalue weighted by molar-refractivity contribution is 6.13. The molecule has 0 aliphatic carbocycles. The van der Waals surface area contributed by atoms with E-state index in [-0.39, 0.29) is 12.1 Å². The van der Waals surface area contributed by atoms with Crippen LogP contribution in [0.15, 0.2) is 84.0 Å². The second-order valence-corrected chi connectivity index (χ2v) is 6.72. The van der Waals surface area contributed by atoms with E-state index in [1.54, 1.807) is 6.21 Å². The third-order valence-electron chi connectivity index (χ3n) is 4.69. The van der Waals surface area contributed by atoms with Gasteiger partial charge in [0.05, 0.1) is 12.8 Å². The van der Waals surface area contributed by atoms with Crippen LogP contribution in [0.3, 0.4) is 0 Å². The number of hydrogen-bond acceptors (Lipinski definition) is 3. The number of carbonyl (C=O) groups is 2. The van der Waals surface area contributed by atoms with Crippen molar-refractivity contribution in [1.82, 2.24) is 10.7 Å². The lowest BCUT2D eigenvalue weighted by molar-refractivity contribution is -0.120. The van der Waals surface area contributed by atoms with Crippen molar-refractivity contribution < 1.29 is 14.0 Å². The Morgan fingerprint density at radius 1 is 0.867 bits per heavy atom. The zero-order valence-electron chi connectivity index (χ0n) is 15.9. The topological polar surface area (TPSA) is 70.6 Å². The summed E-state index contributed by atoms with van der Waals surface area (Å²) in [4.78, 5) is 24.0. The minimum atomic E-state index is -0.534. The molecular formula is C24H18FN3O2. The molecule has 2 N–H and O–H groups in total. The Labute approximate surface area is 172 Å². The fourth-order valence-corrected chi connectivity index (χ4v) is 3.29. The molecule has 0 unspecified atom stereocenters. The van der Waals surface area contributed by atoms with Crippen LogP contribution in [0, 0.1) is 5.82 Å². The molecule has 0 saturated heterocycles. The smallest absolute Gasteiger partial charge is 0.259 e. The fourth-order valence-electron chi connectivity index (χ4n) is 3.29. The molecule has 6 heteroatoms. The van der Waals surface area contributed by atoms with Crippen LogP contribution in [0.1, 0.15) is 15.9 Å². The van der Waals surface area contributed by atoms with Crippen molar-refractivity contribution in [3.63, 3.8) is 0 Å². The Hall–Kier alpha value is -4.06. The van der Waals surface area contributed by atoms with Gasteiger partial charge < -0.3 is 5.32 Å². The fraction of sp³-hybridized carbons (Fsp3) is 0.0417. The summed E-state index contributed by atoms with van der Waals surface area (Å²) in [6, 6.07) is 23.3. The molecule has 0 aliphatic rings. The number of hydrogen-bond donors (Lipinski definition) is 2. The van der Waals surface area contributed by atoms with Crippen molar-refractivity contribution in [2.45, 2.75) is 0 Å². The molecule has 0 atom stereocenters. The number of nitrogens with zero attached hydrogens (tertiary/aromatic N) is 1. The van der Waals surface area contributed by atoms with Gasteiger partial charge in [-0.3, -0.25) is 9.59 Å². The lowest BCUT2D eigenvalue weighted by Crippen LogP contribution is -2.34. The molecule has 30 heavy (non-hydrogen) atoms. The minimum Gasteiger partial charge on any atom is -0.343 e. The van der Waals surface area contributed by atoms with Crippen LogP contribution < -0.4 is 10.7 Å².